The maximum Gasteiger partial charge on any atom is 0.219 e. The molecule has 1 aromatic carbocycles. The maximum absolute atomic E-state index is 13.5. The first-order valence-corrected chi connectivity index (χ1v) is 6.12. The van der Waals surface area contributed by atoms with E-state index in [1.54, 1.807) is 25.1 Å². The lowest BCUT2D eigenvalue weighted by molar-refractivity contribution is 0.198. The number of hydrogen-bond donors (Lipinski definition) is 1. The van der Waals surface area contributed by atoms with Crippen LogP contribution in [0.15, 0.2) is 41.0 Å². The Balaban J connectivity index is 2.28. The van der Waals surface area contributed by atoms with Gasteiger partial charge >= 0.3 is 0 Å². The van der Waals surface area contributed by atoms with Crippen molar-refractivity contribution in [3.05, 3.63) is 52.4 Å². The molecule has 0 saturated carbocycles. The number of pyridine rings is 1. The molecule has 1 atom stereocenters. The minimum Gasteiger partial charge on any atom is -0.436 e. The number of ether oxygens (including phenoxy) is 1. The van der Waals surface area contributed by atoms with Gasteiger partial charge in [0, 0.05) is 16.7 Å². The number of aliphatic hydroxyl groups is 1. The Labute approximate surface area is 112 Å². The van der Waals surface area contributed by atoms with E-state index in [1.165, 1.54) is 18.3 Å². The Morgan fingerprint density at radius 2 is 2.11 bits per heavy atom. The van der Waals surface area contributed by atoms with Crippen LogP contribution in [-0.4, -0.2) is 10.1 Å². The van der Waals surface area contributed by atoms with Gasteiger partial charge in [0.15, 0.2) is 11.6 Å². The third kappa shape index (κ3) is 3.05. The molecule has 5 heteroatoms. The third-order valence-corrected chi connectivity index (χ3v) is 2.84. The van der Waals surface area contributed by atoms with Gasteiger partial charge in [-0.1, -0.05) is 15.9 Å². The van der Waals surface area contributed by atoms with E-state index in [2.05, 4.69) is 20.9 Å². The summed E-state index contributed by atoms with van der Waals surface area (Å²) >= 11 is 3.24. The van der Waals surface area contributed by atoms with Crippen LogP contribution in [0.5, 0.6) is 11.6 Å². The molecule has 1 N–H and O–H groups in total. The number of halogens is 2. The molecule has 0 fully saturated rings. The quantitative estimate of drug-likeness (QED) is 0.936. The average molecular weight is 312 g/mol. The molecule has 0 radical (unpaired) electrons. The first-order valence-electron chi connectivity index (χ1n) is 5.33. The van der Waals surface area contributed by atoms with Gasteiger partial charge in [-0.2, -0.15) is 0 Å². The van der Waals surface area contributed by atoms with E-state index in [0.29, 0.717) is 10.0 Å². The topological polar surface area (TPSA) is 42.4 Å². The third-order valence-electron chi connectivity index (χ3n) is 2.35. The van der Waals surface area contributed by atoms with Crippen molar-refractivity contribution in [1.82, 2.24) is 4.98 Å². The lowest BCUT2D eigenvalue weighted by Crippen LogP contribution is -1.95. The fraction of sp³-hybridized carbons (Fsp3) is 0.154. The van der Waals surface area contributed by atoms with Gasteiger partial charge < -0.3 is 9.84 Å². The predicted molar refractivity (Wildman–Crippen MR) is 69.0 cm³/mol. The Hall–Kier alpha value is -1.46. The first-order chi connectivity index (χ1) is 8.56. The fourth-order valence-corrected chi connectivity index (χ4v) is 1.75. The van der Waals surface area contributed by atoms with Gasteiger partial charge in [0.05, 0.1) is 6.10 Å². The average Bonchev–Trinajstić information content (AvgIpc) is 2.34. The zero-order valence-corrected chi connectivity index (χ0v) is 11.2. The highest BCUT2D eigenvalue weighted by Crippen LogP contribution is 2.27. The molecule has 94 valence electrons. The highest BCUT2D eigenvalue weighted by Gasteiger charge is 2.08. The van der Waals surface area contributed by atoms with Gasteiger partial charge in [-0.15, -0.1) is 0 Å². The zero-order valence-electron chi connectivity index (χ0n) is 9.60. The molecule has 3 nitrogen and oxygen atoms in total. The molecule has 0 aliphatic carbocycles. The van der Waals surface area contributed by atoms with Crippen LogP contribution in [-0.2, 0) is 0 Å². The zero-order chi connectivity index (χ0) is 13.1. The molecule has 2 aromatic rings. The van der Waals surface area contributed by atoms with E-state index in [1.807, 2.05) is 0 Å². The minimum atomic E-state index is -0.622. The van der Waals surface area contributed by atoms with E-state index in [-0.39, 0.29) is 11.6 Å². The summed E-state index contributed by atoms with van der Waals surface area (Å²) in [5.74, 6) is -0.146. The van der Waals surface area contributed by atoms with Crippen molar-refractivity contribution in [2.75, 3.05) is 0 Å². The number of rotatable bonds is 3. The lowest BCUT2D eigenvalue weighted by atomic mass is 10.2. The van der Waals surface area contributed by atoms with Crippen molar-refractivity contribution in [2.24, 2.45) is 0 Å². The van der Waals surface area contributed by atoms with Crippen molar-refractivity contribution in [1.29, 1.82) is 0 Å². The molecule has 18 heavy (non-hydrogen) atoms. The van der Waals surface area contributed by atoms with Gasteiger partial charge in [0.2, 0.25) is 5.88 Å². The van der Waals surface area contributed by atoms with Gasteiger partial charge in [0.25, 0.3) is 0 Å². The SMILES string of the molecule is CC(O)c1ccnc(Oc2cc(Br)ccc2F)c1. The van der Waals surface area contributed by atoms with Crippen molar-refractivity contribution in [3.63, 3.8) is 0 Å². The van der Waals surface area contributed by atoms with E-state index in [4.69, 9.17) is 4.74 Å². The number of benzene rings is 1. The maximum atomic E-state index is 13.5. The van der Waals surface area contributed by atoms with Gasteiger partial charge in [-0.25, -0.2) is 9.37 Å². The van der Waals surface area contributed by atoms with Crippen molar-refractivity contribution in [3.8, 4) is 11.6 Å². The smallest absolute Gasteiger partial charge is 0.219 e. The van der Waals surface area contributed by atoms with Crippen LogP contribution in [0.3, 0.4) is 0 Å². The number of aromatic nitrogens is 1. The van der Waals surface area contributed by atoms with E-state index >= 15 is 0 Å². The molecule has 0 aliphatic heterocycles. The molecule has 2 rings (SSSR count). The second-order valence-corrected chi connectivity index (χ2v) is 4.70. The van der Waals surface area contributed by atoms with Crippen LogP contribution < -0.4 is 4.74 Å². The van der Waals surface area contributed by atoms with Gasteiger partial charge in [-0.3, -0.25) is 0 Å². The molecule has 0 spiro atoms. The molecule has 0 saturated heterocycles. The molecule has 1 aromatic heterocycles. The molecule has 0 amide bonds. The second-order valence-electron chi connectivity index (χ2n) is 3.78. The van der Waals surface area contributed by atoms with Crippen LogP contribution in [0.4, 0.5) is 4.39 Å². The summed E-state index contributed by atoms with van der Waals surface area (Å²) in [7, 11) is 0. The van der Waals surface area contributed by atoms with Crippen molar-refractivity contribution in [2.45, 2.75) is 13.0 Å². The Bertz CT molecular complexity index is 560. The largest absolute Gasteiger partial charge is 0.436 e. The second kappa shape index (κ2) is 5.46. The molecular weight excluding hydrogens is 301 g/mol. The molecule has 0 bridgehead atoms. The fourth-order valence-electron chi connectivity index (χ4n) is 1.41. The monoisotopic (exact) mass is 311 g/mol. The highest BCUT2D eigenvalue weighted by atomic mass is 79.9. The number of aliphatic hydroxyl groups excluding tert-OH is 1. The highest BCUT2D eigenvalue weighted by molar-refractivity contribution is 9.10. The summed E-state index contributed by atoms with van der Waals surface area (Å²) < 4.78 is 19.6. The number of nitrogens with zero attached hydrogens (tertiary/aromatic N) is 1. The summed E-state index contributed by atoms with van der Waals surface area (Å²) in [6, 6.07) is 7.66. The van der Waals surface area contributed by atoms with Gasteiger partial charge in [-0.05, 0) is 36.8 Å². The molecular formula is C13H11BrFNO2. The van der Waals surface area contributed by atoms with E-state index in [0.717, 1.165) is 0 Å². The molecule has 1 unspecified atom stereocenters. The van der Waals surface area contributed by atoms with E-state index < -0.39 is 11.9 Å². The normalized spacial score (nSPS) is 12.2. The van der Waals surface area contributed by atoms with Crippen molar-refractivity contribution >= 4 is 15.9 Å². The van der Waals surface area contributed by atoms with Gasteiger partial charge in [0.1, 0.15) is 0 Å². The Kier molecular flexibility index (Phi) is 3.93. The standard InChI is InChI=1S/C13H11BrFNO2/c1-8(17)9-4-5-16-13(6-9)18-12-7-10(14)2-3-11(12)15/h2-8,17H,1H3. The van der Waals surface area contributed by atoms with Crippen LogP contribution in [0.2, 0.25) is 0 Å². The Morgan fingerprint density at radius 3 is 2.83 bits per heavy atom. The molecule has 1 heterocycles. The summed E-state index contributed by atoms with van der Waals surface area (Å²) in [4.78, 5) is 3.97. The predicted octanol–water partition coefficient (Wildman–Crippen LogP) is 3.83. The van der Waals surface area contributed by atoms with Crippen LogP contribution in [0.1, 0.15) is 18.6 Å². The molecule has 0 aliphatic rings. The van der Waals surface area contributed by atoms with Crippen LogP contribution in [0.25, 0.3) is 0 Å². The summed E-state index contributed by atoms with van der Waals surface area (Å²) in [5.41, 5.74) is 0.662. The minimum absolute atomic E-state index is 0.0830. The van der Waals surface area contributed by atoms with Crippen LogP contribution >= 0.6 is 15.9 Å². The summed E-state index contributed by atoms with van der Waals surface area (Å²) in [5, 5.41) is 9.45. The lowest BCUT2D eigenvalue weighted by Gasteiger charge is -2.09. The summed E-state index contributed by atoms with van der Waals surface area (Å²) in [6.07, 6.45) is 0.885. The van der Waals surface area contributed by atoms with Crippen molar-refractivity contribution < 1.29 is 14.2 Å². The Morgan fingerprint density at radius 1 is 1.33 bits per heavy atom. The summed E-state index contributed by atoms with van der Waals surface area (Å²) in [6.45, 7) is 1.64. The van der Waals surface area contributed by atoms with E-state index in [9.17, 15) is 9.50 Å². The first kappa shape index (κ1) is 13.0. The van der Waals surface area contributed by atoms with Crippen LogP contribution in [0, 0.1) is 5.82 Å². The number of hydrogen-bond acceptors (Lipinski definition) is 3.